The van der Waals surface area contributed by atoms with Crippen LogP contribution in [0.2, 0.25) is 0 Å². The fraction of sp³-hybridized carbons (Fsp3) is 0.467. The predicted molar refractivity (Wildman–Crippen MR) is 75.6 cm³/mol. The first-order valence-corrected chi connectivity index (χ1v) is 6.79. The summed E-state index contributed by atoms with van der Waals surface area (Å²) in [5.74, 6) is 0.0900. The summed E-state index contributed by atoms with van der Waals surface area (Å²) >= 11 is 0. The third-order valence-corrected chi connectivity index (χ3v) is 3.77. The van der Waals surface area contributed by atoms with E-state index >= 15 is 0 Å². The Labute approximate surface area is 118 Å². The summed E-state index contributed by atoms with van der Waals surface area (Å²) in [5, 5.41) is 9.10. The molecule has 0 bridgehead atoms. The molecule has 0 unspecified atom stereocenters. The van der Waals surface area contributed by atoms with Crippen molar-refractivity contribution in [2.24, 2.45) is 0 Å². The van der Waals surface area contributed by atoms with Crippen LogP contribution in [0.1, 0.15) is 25.5 Å². The Kier molecular flexibility index (Phi) is 4.39. The molecular weight excluding hydrogens is 256 g/mol. The molecule has 2 rings (SSSR count). The molecule has 5 nitrogen and oxygen atoms in total. The third-order valence-electron chi connectivity index (χ3n) is 3.77. The highest BCUT2D eigenvalue weighted by atomic mass is 16.4. The van der Waals surface area contributed by atoms with E-state index in [2.05, 4.69) is 4.90 Å². The van der Waals surface area contributed by atoms with Gasteiger partial charge in [0.25, 0.3) is 0 Å². The minimum Gasteiger partial charge on any atom is -0.465 e. The fourth-order valence-corrected chi connectivity index (χ4v) is 2.84. The summed E-state index contributed by atoms with van der Waals surface area (Å²) in [4.78, 5) is 26.6. The molecule has 1 aliphatic heterocycles. The van der Waals surface area contributed by atoms with Gasteiger partial charge < -0.3 is 10.0 Å². The van der Waals surface area contributed by atoms with E-state index in [-0.39, 0.29) is 17.9 Å². The van der Waals surface area contributed by atoms with E-state index < -0.39 is 6.09 Å². The number of hydrogen-bond acceptors (Lipinski definition) is 3. The van der Waals surface area contributed by atoms with Gasteiger partial charge in [-0.3, -0.25) is 9.69 Å². The minimum atomic E-state index is -0.892. The zero-order valence-corrected chi connectivity index (χ0v) is 11.8. The Morgan fingerprint density at radius 3 is 2.40 bits per heavy atom. The van der Waals surface area contributed by atoms with Crippen LogP contribution >= 0.6 is 0 Å². The van der Waals surface area contributed by atoms with Gasteiger partial charge in [0.15, 0.2) is 5.78 Å². The van der Waals surface area contributed by atoms with Crippen LogP contribution in [0.5, 0.6) is 0 Å². The van der Waals surface area contributed by atoms with E-state index in [1.165, 1.54) is 4.90 Å². The first-order valence-electron chi connectivity index (χ1n) is 6.79. The highest BCUT2D eigenvalue weighted by Gasteiger charge is 2.33. The van der Waals surface area contributed by atoms with Crippen LogP contribution < -0.4 is 0 Å². The van der Waals surface area contributed by atoms with Crippen LogP contribution in [-0.2, 0) is 4.79 Å². The lowest BCUT2D eigenvalue weighted by molar-refractivity contribution is -0.123. The predicted octanol–water partition coefficient (Wildman–Crippen LogP) is 2.00. The summed E-state index contributed by atoms with van der Waals surface area (Å²) in [6.07, 6.45) is -0.892. The molecule has 2 atom stereocenters. The number of benzene rings is 1. The molecular formula is C15H20N2O3. The number of piperazine rings is 1. The molecule has 1 fully saturated rings. The number of ketones is 1. The molecule has 1 heterocycles. The molecule has 1 aromatic rings. The Bertz CT molecular complexity index is 489. The molecule has 1 saturated heterocycles. The van der Waals surface area contributed by atoms with Crippen molar-refractivity contribution in [3.05, 3.63) is 35.9 Å². The molecule has 1 amide bonds. The number of carbonyl (C=O) groups is 2. The number of Topliss-reactive ketones (excluding diaryl/α,β-unsaturated/α-hetero) is 1. The van der Waals surface area contributed by atoms with Gasteiger partial charge in [0, 0.05) is 25.7 Å². The van der Waals surface area contributed by atoms with Crippen molar-refractivity contribution in [1.82, 2.24) is 9.80 Å². The summed E-state index contributed by atoms with van der Waals surface area (Å²) < 4.78 is 0. The first-order chi connectivity index (χ1) is 9.50. The van der Waals surface area contributed by atoms with Gasteiger partial charge in [-0.25, -0.2) is 4.79 Å². The van der Waals surface area contributed by atoms with Gasteiger partial charge in [0.1, 0.15) is 0 Å². The van der Waals surface area contributed by atoms with Crippen LogP contribution in [-0.4, -0.2) is 52.5 Å². The monoisotopic (exact) mass is 276 g/mol. The van der Waals surface area contributed by atoms with Gasteiger partial charge >= 0.3 is 6.09 Å². The highest BCUT2D eigenvalue weighted by Crippen LogP contribution is 2.24. The van der Waals surface area contributed by atoms with E-state index in [0.717, 1.165) is 5.56 Å². The highest BCUT2D eigenvalue weighted by molar-refractivity contribution is 5.83. The molecule has 0 saturated carbocycles. The second kappa shape index (κ2) is 6.05. The van der Waals surface area contributed by atoms with Gasteiger partial charge in [-0.05, 0) is 19.4 Å². The summed E-state index contributed by atoms with van der Waals surface area (Å²) in [6, 6.07) is 9.26. The Balaban J connectivity index is 2.17. The van der Waals surface area contributed by atoms with Crippen molar-refractivity contribution in [2.45, 2.75) is 25.9 Å². The zero-order valence-electron chi connectivity index (χ0n) is 11.8. The second-order valence-corrected chi connectivity index (χ2v) is 5.24. The normalized spacial score (nSPS) is 21.5. The largest absolute Gasteiger partial charge is 0.465 e. The summed E-state index contributed by atoms with van der Waals surface area (Å²) in [7, 11) is 0. The second-order valence-electron chi connectivity index (χ2n) is 5.24. The first kappa shape index (κ1) is 14.5. The fourth-order valence-electron chi connectivity index (χ4n) is 2.84. The maximum atomic E-state index is 12.0. The molecule has 20 heavy (non-hydrogen) atoms. The Morgan fingerprint density at radius 1 is 1.25 bits per heavy atom. The number of carbonyl (C=O) groups excluding carboxylic acids is 1. The quantitative estimate of drug-likeness (QED) is 0.917. The van der Waals surface area contributed by atoms with Crippen LogP contribution in [0.15, 0.2) is 30.3 Å². The van der Waals surface area contributed by atoms with Gasteiger partial charge in [0.05, 0.1) is 6.04 Å². The van der Waals surface area contributed by atoms with Crippen molar-refractivity contribution in [2.75, 3.05) is 19.6 Å². The standard InChI is InChI=1S/C15H20N2O3/c1-11-10-16(8-9-17(11)15(19)20)14(12(2)18)13-6-4-3-5-7-13/h3-7,11,14H,8-10H2,1-2H3,(H,19,20)/t11-,14-/m1/s1. The van der Waals surface area contributed by atoms with E-state index in [0.29, 0.717) is 19.6 Å². The number of amides is 1. The Hall–Kier alpha value is -1.88. The van der Waals surface area contributed by atoms with Crippen LogP contribution in [0.3, 0.4) is 0 Å². The van der Waals surface area contributed by atoms with Crippen molar-refractivity contribution >= 4 is 11.9 Å². The van der Waals surface area contributed by atoms with E-state index in [9.17, 15) is 9.59 Å². The summed E-state index contributed by atoms with van der Waals surface area (Å²) in [5.41, 5.74) is 0.968. The average molecular weight is 276 g/mol. The molecule has 0 spiro atoms. The molecule has 1 aliphatic rings. The molecule has 1 N–H and O–H groups in total. The lowest BCUT2D eigenvalue weighted by Crippen LogP contribution is -2.55. The minimum absolute atomic E-state index is 0.0900. The lowest BCUT2D eigenvalue weighted by atomic mass is 10.00. The molecule has 0 aliphatic carbocycles. The topological polar surface area (TPSA) is 60.9 Å². The van der Waals surface area contributed by atoms with Gasteiger partial charge in [0.2, 0.25) is 0 Å². The SMILES string of the molecule is CC(=O)[C@H](c1ccccc1)N1CCN(C(=O)O)[C@H](C)C1. The van der Waals surface area contributed by atoms with Crippen LogP contribution in [0.25, 0.3) is 0 Å². The van der Waals surface area contributed by atoms with Gasteiger partial charge in [-0.1, -0.05) is 30.3 Å². The lowest BCUT2D eigenvalue weighted by Gasteiger charge is -2.41. The van der Waals surface area contributed by atoms with E-state index in [1.54, 1.807) is 6.92 Å². The number of nitrogens with zero attached hydrogens (tertiary/aromatic N) is 2. The van der Waals surface area contributed by atoms with Crippen molar-refractivity contribution in [3.8, 4) is 0 Å². The molecule has 0 radical (unpaired) electrons. The number of rotatable bonds is 3. The maximum Gasteiger partial charge on any atom is 0.407 e. The molecule has 5 heteroatoms. The van der Waals surface area contributed by atoms with Crippen molar-refractivity contribution in [1.29, 1.82) is 0 Å². The van der Waals surface area contributed by atoms with Crippen molar-refractivity contribution < 1.29 is 14.7 Å². The number of carboxylic acid groups (broad SMARTS) is 1. The number of hydrogen-bond donors (Lipinski definition) is 1. The van der Waals surface area contributed by atoms with Gasteiger partial charge in [-0.2, -0.15) is 0 Å². The third kappa shape index (κ3) is 2.99. The molecule has 108 valence electrons. The Morgan fingerprint density at radius 2 is 1.90 bits per heavy atom. The molecule has 1 aromatic carbocycles. The van der Waals surface area contributed by atoms with E-state index in [1.807, 2.05) is 37.3 Å². The van der Waals surface area contributed by atoms with Crippen LogP contribution in [0.4, 0.5) is 4.79 Å². The van der Waals surface area contributed by atoms with Crippen molar-refractivity contribution in [3.63, 3.8) is 0 Å². The van der Waals surface area contributed by atoms with Gasteiger partial charge in [-0.15, -0.1) is 0 Å². The molecule has 0 aromatic heterocycles. The summed E-state index contributed by atoms with van der Waals surface area (Å²) in [6.45, 7) is 5.06. The zero-order chi connectivity index (χ0) is 14.7. The smallest absolute Gasteiger partial charge is 0.407 e. The maximum absolute atomic E-state index is 12.0. The van der Waals surface area contributed by atoms with E-state index in [4.69, 9.17) is 5.11 Å². The average Bonchev–Trinajstić information content (AvgIpc) is 2.39. The van der Waals surface area contributed by atoms with Crippen LogP contribution in [0, 0.1) is 0 Å².